The van der Waals surface area contributed by atoms with Gasteiger partial charge in [-0.1, -0.05) is 30.3 Å². The maximum absolute atomic E-state index is 15.5. The van der Waals surface area contributed by atoms with Crippen molar-refractivity contribution in [1.82, 2.24) is 14.4 Å². The summed E-state index contributed by atoms with van der Waals surface area (Å²) in [6.07, 6.45) is -3.83. The highest BCUT2D eigenvalue weighted by Gasteiger charge is 2.56. The normalized spacial score (nSPS) is 23.3. The van der Waals surface area contributed by atoms with Crippen molar-refractivity contribution >= 4 is 14.1 Å². The van der Waals surface area contributed by atoms with E-state index in [9.17, 15) is 28.4 Å². The Kier molecular flexibility index (Phi) is 9.41. The zero-order valence-electron chi connectivity index (χ0n) is 21.9. The average Bonchev–Trinajstić information content (AvgIpc) is 3.17. The molecule has 4 rings (SSSR count). The van der Waals surface area contributed by atoms with E-state index in [1.54, 1.807) is 18.2 Å². The van der Waals surface area contributed by atoms with Crippen LogP contribution in [0.25, 0.3) is 0 Å². The van der Waals surface area contributed by atoms with Crippen molar-refractivity contribution in [2.24, 2.45) is 0 Å². The zero-order chi connectivity index (χ0) is 29.7. The number of rotatable bonds is 11. The van der Waals surface area contributed by atoms with Gasteiger partial charge in [0, 0.05) is 12.3 Å². The van der Waals surface area contributed by atoms with Crippen molar-refractivity contribution in [2.75, 3.05) is 6.61 Å². The first-order valence-electron chi connectivity index (χ1n) is 12.3. The molecule has 15 heteroatoms. The summed E-state index contributed by atoms with van der Waals surface area (Å²) in [7, 11) is -2.97. The number of esters is 1. The third-order valence-electron chi connectivity index (χ3n) is 6.24. The standard InChI is InChI=1S/C26H26F2N3O9P/c1-16(23(34)37-14-17-8-10-18(27)11-9-17)31(40-19-6-4-3-5-7-19)41(36)38-15-20-22(33)26(2,28)24(39-20)30-13-12-21(32)29-25(30)35/h3-13,16,20,22,24,33H,14-15H2,1-2H3/p+1/t16?,20-,22-,24-,26-/m1/s1. The number of hydrogen-bond donors (Lipinski definition) is 2. The van der Waals surface area contributed by atoms with E-state index in [0.29, 0.717) is 5.56 Å². The fraction of sp³-hybridized carbons (Fsp3) is 0.346. The number of aromatic amines is 1. The van der Waals surface area contributed by atoms with Crippen molar-refractivity contribution in [3.63, 3.8) is 0 Å². The number of aliphatic hydroxyl groups is 1. The average molecular weight is 594 g/mol. The molecule has 2 heterocycles. The quantitative estimate of drug-likeness (QED) is 0.193. The molecule has 2 N–H and O–H groups in total. The third kappa shape index (κ3) is 7.10. The number of carbonyl (C=O) groups excluding carboxylic acids is 1. The molecular formula is C26H27F2N3O9P+. The van der Waals surface area contributed by atoms with E-state index in [1.165, 1.54) is 43.3 Å². The topological polar surface area (TPSA) is 149 Å². The summed E-state index contributed by atoms with van der Waals surface area (Å²) in [6.45, 7) is 1.54. The highest BCUT2D eigenvalue weighted by molar-refractivity contribution is 7.36. The van der Waals surface area contributed by atoms with Crippen LogP contribution < -0.4 is 16.1 Å². The van der Waals surface area contributed by atoms with Crippen LogP contribution in [-0.2, 0) is 30.0 Å². The first-order valence-corrected chi connectivity index (χ1v) is 13.5. The second-order valence-corrected chi connectivity index (χ2v) is 10.4. The molecule has 1 fully saturated rings. The summed E-state index contributed by atoms with van der Waals surface area (Å²) in [5.74, 6) is -1.08. The van der Waals surface area contributed by atoms with Crippen LogP contribution in [0, 0.1) is 5.82 Å². The molecule has 0 spiro atoms. The molecule has 0 saturated carbocycles. The molecule has 2 aromatic carbocycles. The molecule has 0 bridgehead atoms. The van der Waals surface area contributed by atoms with E-state index in [-0.39, 0.29) is 12.4 Å². The monoisotopic (exact) mass is 594 g/mol. The molecule has 1 aliphatic rings. The summed E-state index contributed by atoms with van der Waals surface area (Å²) in [5.41, 5.74) is -3.65. The van der Waals surface area contributed by atoms with Gasteiger partial charge in [-0.3, -0.25) is 19.1 Å². The number of aliphatic hydroxyl groups excluding tert-OH is 1. The Hall–Kier alpha value is -3.81. The SMILES string of the molecule is CC(C(=O)OCc1ccc(F)cc1)N(Oc1ccccc1)[P+](=O)OC[C@H]1O[C@@H](n2ccc(=O)[nH]c2=O)[C@](C)(F)[C@@H]1O. The van der Waals surface area contributed by atoms with Gasteiger partial charge in [-0.15, -0.1) is 4.52 Å². The van der Waals surface area contributed by atoms with Crippen molar-refractivity contribution in [1.29, 1.82) is 0 Å². The number of hydroxylamine groups is 1. The number of benzene rings is 2. The molecule has 0 aliphatic carbocycles. The van der Waals surface area contributed by atoms with E-state index >= 15 is 4.39 Å². The molecule has 0 radical (unpaired) electrons. The molecule has 3 aromatic rings. The number of carbonyl (C=O) groups is 1. The van der Waals surface area contributed by atoms with Gasteiger partial charge in [-0.2, -0.15) is 0 Å². The van der Waals surface area contributed by atoms with Crippen molar-refractivity contribution < 1.29 is 42.1 Å². The lowest BCUT2D eigenvalue weighted by Crippen LogP contribution is -2.43. The molecular weight excluding hydrogens is 567 g/mol. The first-order chi connectivity index (χ1) is 19.5. The summed E-state index contributed by atoms with van der Waals surface area (Å²) >= 11 is 0. The molecule has 1 aliphatic heterocycles. The summed E-state index contributed by atoms with van der Waals surface area (Å²) < 4.78 is 58.8. The number of alkyl halides is 1. The van der Waals surface area contributed by atoms with Gasteiger partial charge in [-0.25, -0.2) is 13.6 Å². The van der Waals surface area contributed by atoms with E-state index < -0.39 is 68.0 Å². The van der Waals surface area contributed by atoms with E-state index in [4.69, 9.17) is 18.8 Å². The summed E-state index contributed by atoms with van der Waals surface area (Å²) in [6, 6.07) is 13.1. The van der Waals surface area contributed by atoms with Gasteiger partial charge in [0.1, 0.15) is 36.1 Å². The van der Waals surface area contributed by atoms with Gasteiger partial charge in [-0.05, 0) is 48.2 Å². The fourth-order valence-corrected chi connectivity index (χ4v) is 4.87. The van der Waals surface area contributed by atoms with Crippen LogP contribution >= 0.6 is 8.18 Å². The number of H-pyrrole nitrogens is 1. The lowest BCUT2D eigenvalue weighted by molar-refractivity contribution is -0.156. The number of para-hydroxylation sites is 1. The minimum Gasteiger partial charge on any atom is -0.459 e. The Morgan fingerprint density at radius 1 is 1.20 bits per heavy atom. The maximum atomic E-state index is 15.5. The van der Waals surface area contributed by atoms with Gasteiger partial charge < -0.3 is 19.4 Å². The summed E-state index contributed by atoms with van der Waals surface area (Å²) in [5, 5.41) is 10.6. The minimum atomic E-state index is -2.97. The lowest BCUT2D eigenvalue weighted by Gasteiger charge is -2.24. The second-order valence-electron chi connectivity index (χ2n) is 9.29. The Morgan fingerprint density at radius 3 is 2.54 bits per heavy atom. The molecule has 1 aromatic heterocycles. The fourth-order valence-electron chi connectivity index (χ4n) is 3.95. The Morgan fingerprint density at radius 2 is 1.88 bits per heavy atom. The zero-order valence-corrected chi connectivity index (χ0v) is 22.8. The van der Waals surface area contributed by atoms with Gasteiger partial charge in [0.2, 0.25) is 0 Å². The largest absolute Gasteiger partial charge is 0.653 e. The lowest BCUT2D eigenvalue weighted by atomic mass is 9.98. The van der Waals surface area contributed by atoms with Gasteiger partial charge in [0.15, 0.2) is 23.7 Å². The molecule has 0 amide bonds. The third-order valence-corrected chi connectivity index (χ3v) is 7.36. The number of nitrogens with one attached hydrogen (secondary N) is 1. The van der Waals surface area contributed by atoms with Crippen molar-refractivity contribution in [2.45, 2.75) is 50.6 Å². The molecule has 41 heavy (non-hydrogen) atoms. The first kappa shape index (κ1) is 30.2. The molecule has 12 nitrogen and oxygen atoms in total. The minimum absolute atomic E-state index is 0.191. The van der Waals surface area contributed by atoms with E-state index in [0.717, 1.165) is 28.6 Å². The molecule has 218 valence electrons. The summed E-state index contributed by atoms with van der Waals surface area (Å²) in [4.78, 5) is 44.7. The number of nitrogens with zero attached hydrogens (tertiary/aromatic N) is 2. The van der Waals surface area contributed by atoms with Crippen LogP contribution in [0.1, 0.15) is 25.6 Å². The highest BCUT2D eigenvalue weighted by Crippen LogP contribution is 2.42. The van der Waals surface area contributed by atoms with Crippen LogP contribution in [-0.4, -0.2) is 56.0 Å². The van der Waals surface area contributed by atoms with Gasteiger partial charge in [0.05, 0.1) is 0 Å². The van der Waals surface area contributed by atoms with E-state index in [2.05, 4.69) is 0 Å². The van der Waals surface area contributed by atoms with Crippen LogP contribution in [0.5, 0.6) is 5.75 Å². The van der Waals surface area contributed by atoms with Gasteiger partial charge in [0.25, 0.3) is 5.56 Å². The molecule has 6 atom stereocenters. The van der Waals surface area contributed by atoms with Crippen molar-refractivity contribution in [3.8, 4) is 5.75 Å². The van der Waals surface area contributed by atoms with Crippen LogP contribution in [0.15, 0.2) is 76.4 Å². The number of halogens is 2. The van der Waals surface area contributed by atoms with E-state index in [1.807, 2.05) is 4.98 Å². The number of hydrogen-bond acceptors (Lipinski definition) is 9. The predicted molar refractivity (Wildman–Crippen MR) is 139 cm³/mol. The van der Waals surface area contributed by atoms with Crippen molar-refractivity contribution in [3.05, 3.63) is 99.1 Å². The molecule has 2 unspecified atom stereocenters. The van der Waals surface area contributed by atoms with Crippen LogP contribution in [0.4, 0.5) is 8.78 Å². The predicted octanol–water partition coefficient (Wildman–Crippen LogP) is 2.76. The number of aromatic nitrogens is 2. The Labute approximate surface area is 232 Å². The number of ether oxygens (including phenoxy) is 2. The smallest absolute Gasteiger partial charge is 0.459 e. The Bertz CT molecular complexity index is 1480. The van der Waals surface area contributed by atoms with Crippen LogP contribution in [0.3, 0.4) is 0 Å². The Balaban J connectivity index is 1.45. The maximum Gasteiger partial charge on any atom is 0.653 e. The second kappa shape index (κ2) is 12.8. The van der Waals surface area contributed by atoms with Crippen LogP contribution in [0.2, 0.25) is 0 Å². The molecule has 1 saturated heterocycles. The van der Waals surface area contributed by atoms with Gasteiger partial charge >= 0.3 is 19.8 Å². The highest BCUT2D eigenvalue weighted by atomic mass is 31.1.